The standard InChI is InChI=1S/C25H26N4O3/c1-25(13-32-14-25)12-28-24(30)16-4-2-15(3-5-16)23-19-11-31-9-8-17(19)22-18(10-26)20(27)6-7-21(22)29-23/h2-7,10,26H,8-9,11-14,27H2,1H3,(H,28,30). The molecule has 1 fully saturated rings. The monoisotopic (exact) mass is 430 g/mol. The van der Waals surface area contributed by atoms with Crippen LogP contribution in [0.15, 0.2) is 36.4 Å². The lowest BCUT2D eigenvalue weighted by Gasteiger charge is -2.38. The van der Waals surface area contributed by atoms with Crippen molar-refractivity contribution in [1.82, 2.24) is 10.3 Å². The predicted molar refractivity (Wildman–Crippen MR) is 124 cm³/mol. The van der Waals surface area contributed by atoms with Crippen molar-refractivity contribution in [2.75, 3.05) is 32.1 Å². The Bertz CT molecular complexity index is 1220. The minimum atomic E-state index is -0.0902. The van der Waals surface area contributed by atoms with Gasteiger partial charge in [0.15, 0.2) is 0 Å². The summed E-state index contributed by atoms with van der Waals surface area (Å²) in [5.74, 6) is -0.0902. The van der Waals surface area contributed by atoms with Crippen LogP contribution in [0.5, 0.6) is 0 Å². The molecule has 2 aliphatic rings. The maximum atomic E-state index is 12.6. The number of aromatic nitrogens is 1. The smallest absolute Gasteiger partial charge is 0.251 e. The van der Waals surface area contributed by atoms with Gasteiger partial charge >= 0.3 is 0 Å². The van der Waals surface area contributed by atoms with Crippen molar-refractivity contribution in [3.05, 3.63) is 58.7 Å². The molecule has 0 aliphatic carbocycles. The summed E-state index contributed by atoms with van der Waals surface area (Å²) < 4.78 is 11.0. The van der Waals surface area contributed by atoms with Crippen LogP contribution in [0.1, 0.15) is 34.0 Å². The van der Waals surface area contributed by atoms with Crippen LogP contribution >= 0.6 is 0 Å². The van der Waals surface area contributed by atoms with E-state index >= 15 is 0 Å². The Labute approximate surface area is 186 Å². The number of ether oxygens (including phenoxy) is 2. The van der Waals surface area contributed by atoms with E-state index in [0.717, 1.165) is 39.7 Å². The summed E-state index contributed by atoms with van der Waals surface area (Å²) >= 11 is 0. The van der Waals surface area contributed by atoms with E-state index in [0.29, 0.717) is 49.8 Å². The van der Waals surface area contributed by atoms with Gasteiger partial charge in [-0.3, -0.25) is 4.79 Å². The van der Waals surface area contributed by atoms with Gasteiger partial charge in [0.25, 0.3) is 5.91 Å². The molecule has 3 aromatic rings. The fourth-order valence-corrected chi connectivity index (χ4v) is 4.42. The second-order valence-electron chi connectivity index (χ2n) is 8.89. The minimum Gasteiger partial charge on any atom is -0.398 e. The molecule has 0 bridgehead atoms. The average molecular weight is 431 g/mol. The van der Waals surface area contributed by atoms with E-state index in [-0.39, 0.29) is 11.3 Å². The van der Waals surface area contributed by atoms with Gasteiger partial charge in [0.05, 0.1) is 37.6 Å². The number of pyridine rings is 1. The van der Waals surface area contributed by atoms with Crippen LogP contribution in [0.3, 0.4) is 0 Å². The minimum absolute atomic E-state index is 0.0302. The van der Waals surface area contributed by atoms with Crippen molar-refractivity contribution in [2.24, 2.45) is 5.41 Å². The molecule has 0 radical (unpaired) electrons. The predicted octanol–water partition coefficient (Wildman–Crippen LogP) is 3.32. The summed E-state index contributed by atoms with van der Waals surface area (Å²) in [6.07, 6.45) is 2.05. The number of anilines is 1. The van der Waals surface area contributed by atoms with Gasteiger partial charge in [-0.1, -0.05) is 19.1 Å². The Kier molecular flexibility index (Phi) is 5.15. The number of nitrogens with one attached hydrogen (secondary N) is 2. The van der Waals surface area contributed by atoms with Gasteiger partial charge < -0.3 is 25.9 Å². The number of fused-ring (bicyclic) bond motifs is 3. The number of hydrogen-bond acceptors (Lipinski definition) is 6. The lowest BCUT2D eigenvalue weighted by Crippen LogP contribution is -2.48. The normalized spacial score (nSPS) is 16.8. The molecular formula is C25H26N4O3. The van der Waals surface area contributed by atoms with Gasteiger partial charge in [0, 0.05) is 51.5 Å². The molecule has 4 N–H and O–H groups in total. The van der Waals surface area contributed by atoms with Gasteiger partial charge in [0.2, 0.25) is 0 Å². The molecule has 1 aromatic heterocycles. The summed E-state index contributed by atoms with van der Waals surface area (Å²) in [7, 11) is 0. The molecule has 1 saturated heterocycles. The SMILES string of the molecule is CC1(CNC(=O)c2ccc(-c3nc4ccc(N)c(C=N)c4c4c3COCC4)cc2)COC1. The number of rotatable bonds is 5. The van der Waals surface area contributed by atoms with Crippen LogP contribution < -0.4 is 11.1 Å². The molecule has 0 atom stereocenters. The first kappa shape index (κ1) is 20.6. The Hall–Kier alpha value is -3.29. The van der Waals surface area contributed by atoms with E-state index in [1.807, 2.05) is 30.3 Å². The molecule has 164 valence electrons. The van der Waals surface area contributed by atoms with Gasteiger partial charge in [-0.15, -0.1) is 0 Å². The molecule has 0 unspecified atom stereocenters. The fourth-order valence-electron chi connectivity index (χ4n) is 4.42. The highest BCUT2D eigenvalue weighted by Gasteiger charge is 2.33. The first-order valence-corrected chi connectivity index (χ1v) is 10.8. The highest BCUT2D eigenvalue weighted by molar-refractivity contribution is 6.05. The van der Waals surface area contributed by atoms with Gasteiger partial charge in [0.1, 0.15) is 0 Å². The summed E-state index contributed by atoms with van der Waals surface area (Å²) in [6.45, 7) is 5.15. The van der Waals surface area contributed by atoms with Crippen LogP contribution in [0.25, 0.3) is 22.2 Å². The highest BCUT2D eigenvalue weighted by Crippen LogP contribution is 2.36. The van der Waals surface area contributed by atoms with Crippen molar-refractivity contribution in [2.45, 2.75) is 20.0 Å². The van der Waals surface area contributed by atoms with Crippen LogP contribution in [-0.2, 0) is 22.5 Å². The highest BCUT2D eigenvalue weighted by atomic mass is 16.5. The molecular weight excluding hydrogens is 404 g/mol. The lowest BCUT2D eigenvalue weighted by atomic mass is 9.88. The number of hydrogen-bond donors (Lipinski definition) is 3. The number of carbonyl (C=O) groups is 1. The second kappa shape index (κ2) is 8.00. The molecule has 32 heavy (non-hydrogen) atoms. The first-order chi connectivity index (χ1) is 15.5. The summed E-state index contributed by atoms with van der Waals surface area (Å²) in [6, 6.07) is 11.2. The molecule has 0 spiro atoms. The van der Waals surface area contributed by atoms with E-state index in [4.69, 9.17) is 25.6 Å². The van der Waals surface area contributed by atoms with Crippen LogP contribution in [0, 0.1) is 10.8 Å². The third kappa shape index (κ3) is 3.53. The Morgan fingerprint density at radius 3 is 2.66 bits per heavy atom. The van der Waals surface area contributed by atoms with Gasteiger partial charge in [-0.25, -0.2) is 4.98 Å². The summed E-state index contributed by atoms with van der Waals surface area (Å²) in [5, 5.41) is 11.8. The number of nitrogens with two attached hydrogens (primary N) is 1. The molecule has 7 heteroatoms. The number of amides is 1. The molecule has 5 rings (SSSR count). The third-order valence-corrected chi connectivity index (χ3v) is 6.33. The van der Waals surface area contributed by atoms with E-state index in [9.17, 15) is 4.79 Å². The fraction of sp³-hybridized carbons (Fsp3) is 0.320. The number of carbonyl (C=O) groups excluding carboxylic acids is 1. The van der Waals surface area contributed by atoms with E-state index in [1.165, 1.54) is 6.21 Å². The first-order valence-electron chi connectivity index (χ1n) is 10.8. The molecule has 1 amide bonds. The Morgan fingerprint density at radius 2 is 1.97 bits per heavy atom. The second-order valence-corrected chi connectivity index (χ2v) is 8.89. The quantitative estimate of drug-likeness (QED) is 0.425. The zero-order valence-electron chi connectivity index (χ0n) is 18.0. The van der Waals surface area contributed by atoms with Crippen molar-refractivity contribution < 1.29 is 14.3 Å². The van der Waals surface area contributed by atoms with E-state index in [2.05, 4.69) is 12.2 Å². The van der Waals surface area contributed by atoms with Crippen LogP contribution in [-0.4, -0.2) is 43.5 Å². The Balaban J connectivity index is 1.50. The maximum absolute atomic E-state index is 12.6. The lowest BCUT2D eigenvalue weighted by molar-refractivity contribution is -0.0978. The van der Waals surface area contributed by atoms with E-state index < -0.39 is 0 Å². The zero-order chi connectivity index (χ0) is 22.3. The van der Waals surface area contributed by atoms with Crippen molar-refractivity contribution in [3.63, 3.8) is 0 Å². The number of benzene rings is 2. The average Bonchev–Trinajstić information content (AvgIpc) is 2.81. The Morgan fingerprint density at radius 1 is 1.19 bits per heavy atom. The summed E-state index contributed by atoms with van der Waals surface area (Å²) in [4.78, 5) is 17.5. The van der Waals surface area contributed by atoms with Crippen molar-refractivity contribution in [3.8, 4) is 11.3 Å². The van der Waals surface area contributed by atoms with Crippen LogP contribution in [0.4, 0.5) is 5.69 Å². The zero-order valence-corrected chi connectivity index (χ0v) is 18.0. The maximum Gasteiger partial charge on any atom is 0.251 e. The largest absolute Gasteiger partial charge is 0.398 e. The van der Waals surface area contributed by atoms with Crippen LogP contribution in [0.2, 0.25) is 0 Å². The molecule has 7 nitrogen and oxygen atoms in total. The van der Waals surface area contributed by atoms with E-state index in [1.54, 1.807) is 6.07 Å². The summed E-state index contributed by atoms with van der Waals surface area (Å²) in [5.41, 5.74) is 12.8. The third-order valence-electron chi connectivity index (χ3n) is 6.33. The molecule has 3 heterocycles. The van der Waals surface area contributed by atoms with Gasteiger partial charge in [-0.2, -0.15) is 0 Å². The molecule has 2 aromatic carbocycles. The topological polar surface area (TPSA) is 110 Å². The van der Waals surface area contributed by atoms with Crippen molar-refractivity contribution >= 4 is 28.7 Å². The molecule has 0 saturated carbocycles. The molecule has 2 aliphatic heterocycles. The van der Waals surface area contributed by atoms with Crippen molar-refractivity contribution in [1.29, 1.82) is 5.41 Å². The number of nitrogen functional groups attached to an aromatic ring is 1. The number of nitrogens with zero attached hydrogens (tertiary/aromatic N) is 1. The van der Waals surface area contributed by atoms with Gasteiger partial charge in [-0.05, 0) is 36.2 Å².